The lowest BCUT2D eigenvalue weighted by atomic mass is 10.2. The number of aromatic nitrogens is 2. The summed E-state index contributed by atoms with van der Waals surface area (Å²) in [7, 11) is 0. The van der Waals surface area contributed by atoms with Crippen molar-refractivity contribution in [2.75, 3.05) is 0 Å². The first-order valence-corrected chi connectivity index (χ1v) is 6.77. The minimum atomic E-state index is -0.673. The van der Waals surface area contributed by atoms with Gasteiger partial charge in [-0.1, -0.05) is 0 Å². The Kier molecular flexibility index (Phi) is 3.49. The Bertz CT molecular complexity index is 1000. The Hall–Kier alpha value is -3.29. The van der Waals surface area contributed by atoms with Crippen molar-refractivity contribution in [1.82, 2.24) is 9.78 Å². The van der Waals surface area contributed by atoms with Gasteiger partial charge in [0.2, 0.25) is 0 Å². The van der Waals surface area contributed by atoms with Gasteiger partial charge in [-0.25, -0.2) is 9.59 Å². The first-order chi connectivity index (χ1) is 11.0. The van der Waals surface area contributed by atoms with Crippen LogP contribution in [0.1, 0.15) is 11.4 Å². The quantitative estimate of drug-likeness (QED) is 0.578. The van der Waals surface area contributed by atoms with Crippen molar-refractivity contribution in [2.45, 2.75) is 13.8 Å². The number of benzene rings is 1. The fourth-order valence-corrected chi connectivity index (χ4v) is 2.22. The standard InChI is InChI=1S/C15H13N5O3/c1-8-14(9(2)20(19-8)15(16)22)18-17-11-4-5-12-10(7-11)3-6-13(21)23-12/h3-7H,1-2H3,(H2,16,22). The molecule has 0 aliphatic heterocycles. The molecule has 2 aromatic heterocycles. The first-order valence-electron chi connectivity index (χ1n) is 6.77. The van der Waals surface area contributed by atoms with Gasteiger partial charge in [0.15, 0.2) is 0 Å². The van der Waals surface area contributed by atoms with Gasteiger partial charge in [0.05, 0.1) is 17.1 Å². The Morgan fingerprint density at radius 3 is 2.70 bits per heavy atom. The number of rotatable bonds is 2. The Labute approximate surface area is 130 Å². The van der Waals surface area contributed by atoms with Crippen molar-refractivity contribution >= 4 is 28.4 Å². The summed E-state index contributed by atoms with van der Waals surface area (Å²) in [6, 6.07) is 7.39. The van der Waals surface area contributed by atoms with Crippen LogP contribution in [0.4, 0.5) is 16.2 Å². The molecule has 23 heavy (non-hydrogen) atoms. The maximum absolute atomic E-state index is 11.2. The number of carbonyl (C=O) groups excluding carboxylic acids is 1. The number of hydrogen-bond acceptors (Lipinski definition) is 6. The zero-order valence-electron chi connectivity index (χ0n) is 12.5. The maximum Gasteiger partial charge on any atom is 0.339 e. The summed E-state index contributed by atoms with van der Waals surface area (Å²) in [6.45, 7) is 3.41. The molecule has 0 bridgehead atoms. The van der Waals surface area contributed by atoms with Crippen LogP contribution in [0.3, 0.4) is 0 Å². The maximum atomic E-state index is 11.2. The lowest BCUT2D eigenvalue weighted by Crippen LogP contribution is -2.21. The third kappa shape index (κ3) is 2.73. The number of nitrogens with zero attached hydrogens (tertiary/aromatic N) is 4. The molecule has 3 rings (SSSR count). The lowest BCUT2D eigenvalue weighted by Gasteiger charge is -1.98. The predicted octanol–water partition coefficient (Wildman–Crippen LogP) is 2.95. The molecule has 0 spiro atoms. The summed E-state index contributed by atoms with van der Waals surface area (Å²) < 4.78 is 6.14. The highest BCUT2D eigenvalue weighted by Gasteiger charge is 2.14. The Morgan fingerprint density at radius 2 is 2.00 bits per heavy atom. The van der Waals surface area contributed by atoms with Crippen LogP contribution < -0.4 is 11.4 Å². The van der Waals surface area contributed by atoms with Gasteiger partial charge in [0, 0.05) is 11.5 Å². The number of azo groups is 1. The molecule has 1 amide bonds. The highest BCUT2D eigenvalue weighted by molar-refractivity contribution is 5.79. The second-order valence-electron chi connectivity index (χ2n) is 4.95. The average molecular weight is 311 g/mol. The van der Waals surface area contributed by atoms with Gasteiger partial charge >= 0.3 is 11.7 Å². The second-order valence-corrected chi connectivity index (χ2v) is 4.95. The summed E-state index contributed by atoms with van der Waals surface area (Å²) in [5, 5.41) is 13.0. The van der Waals surface area contributed by atoms with Gasteiger partial charge in [-0.15, -0.1) is 5.11 Å². The summed E-state index contributed by atoms with van der Waals surface area (Å²) in [4.78, 5) is 22.4. The molecule has 3 aromatic rings. The van der Waals surface area contributed by atoms with Gasteiger partial charge in [-0.05, 0) is 38.1 Å². The smallest absolute Gasteiger partial charge is 0.339 e. The SMILES string of the molecule is Cc1nn(C(N)=O)c(C)c1N=Nc1ccc2oc(=O)ccc2c1. The summed E-state index contributed by atoms with van der Waals surface area (Å²) >= 11 is 0. The Morgan fingerprint density at radius 1 is 1.22 bits per heavy atom. The third-order valence-electron chi connectivity index (χ3n) is 3.33. The highest BCUT2D eigenvalue weighted by Crippen LogP contribution is 2.26. The molecule has 1 aromatic carbocycles. The summed E-state index contributed by atoms with van der Waals surface area (Å²) in [5.74, 6) is 0. The number of amides is 1. The van der Waals surface area contributed by atoms with Crippen LogP contribution in [-0.4, -0.2) is 15.8 Å². The topological polar surface area (TPSA) is 116 Å². The van der Waals surface area contributed by atoms with Gasteiger partial charge in [0.1, 0.15) is 11.3 Å². The number of fused-ring (bicyclic) bond motifs is 1. The molecular formula is C15H13N5O3. The monoisotopic (exact) mass is 311 g/mol. The van der Waals surface area contributed by atoms with Crippen molar-refractivity contribution in [1.29, 1.82) is 0 Å². The molecule has 116 valence electrons. The predicted molar refractivity (Wildman–Crippen MR) is 83.3 cm³/mol. The van der Waals surface area contributed by atoms with E-state index >= 15 is 0 Å². The molecule has 0 saturated carbocycles. The zero-order valence-corrected chi connectivity index (χ0v) is 12.5. The molecule has 0 atom stereocenters. The van der Waals surface area contributed by atoms with Gasteiger partial charge in [-0.2, -0.15) is 14.9 Å². The molecule has 0 radical (unpaired) electrons. The van der Waals surface area contributed by atoms with E-state index in [0.29, 0.717) is 28.3 Å². The second kappa shape index (κ2) is 5.48. The molecule has 0 fully saturated rings. The summed E-state index contributed by atoms with van der Waals surface area (Å²) in [5.41, 5.74) is 7.44. The van der Waals surface area contributed by atoms with E-state index in [0.717, 1.165) is 10.1 Å². The van der Waals surface area contributed by atoms with E-state index in [4.69, 9.17) is 10.2 Å². The van der Waals surface area contributed by atoms with E-state index in [1.54, 1.807) is 38.1 Å². The minimum absolute atomic E-state index is 0.406. The molecular weight excluding hydrogens is 298 g/mol. The van der Waals surface area contributed by atoms with E-state index in [-0.39, 0.29) is 0 Å². The van der Waals surface area contributed by atoms with Gasteiger partial charge < -0.3 is 10.2 Å². The lowest BCUT2D eigenvalue weighted by molar-refractivity contribution is 0.247. The van der Waals surface area contributed by atoms with Crippen LogP contribution >= 0.6 is 0 Å². The number of aryl methyl sites for hydroxylation is 1. The fraction of sp³-hybridized carbons (Fsp3) is 0.133. The van der Waals surface area contributed by atoms with Crippen molar-refractivity contribution < 1.29 is 9.21 Å². The number of primary amides is 1. The molecule has 0 aliphatic carbocycles. The van der Waals surface area contributed by atoms with E-state index < -0.39 is 11.7 Å². The van der Waals surface area contributed by atoms with Crippen LogP contribution in [0.25, 0.3) is 11.0 Å². The van der Waals surface area contributed by atoms with Gasteiger partial charge in [0.25, 0.3) is 0 Å². The van der Waals surface area contributed by atoms with Crippen molar-refractivity contribution in [3.05, 3.63) is 52.1 Å². The molecule has 0 unspecified atom stereocenters. The van der Waals surface area contributed by atoms with E-state index in [1.165, 1.54) is 6.07 Å². The average Bonchev–Trinajstić information content (AvgIpc) is 2.80. The number of nitrogens with two attached hydrogens (primary N) is 1. The molecule has 0 saturated heterocycles. The van der Waals surface area contributed by atoms with Crippen LogP contribution in [-0.2, 0) is 0 Å². The van der Waals surface area contributed by atoms with Crippen molar-refractivity contribution in [2.24, 2.45) is 16.0 Å². The molecule has 2 heterocycles. The van der Waals surface area contributed by atoms with E-state index in [1.807, 2.05) is 0 Å². The first kappa shape index (κ1) is 14.6. The van der Waals surface area contributed by atoms with Crippen LogP contribution in [0, 0.1) is 13.8 Å². The van der Waals surface area contributed by atoms with E-state index in [2.05, 4.69) is 15.3 Å². The fourth-order valence-electron chi connectivity index (χ4n) is 2.22. The molecule has 0 aliphatic rings. The minimum Gasteiger partial charge on any atom is -0.423 e. The zero-order chi connectivity index (χ0) is 16.6. The highest BCUT2D eigenvalue weighted by atomic mass is 16.4. The Balaban J connectivity index is 1.99. The van der Waals surface area contributed by atoms with Crippen LogP contribution in [0.15, 0.2) is 49.8 Å². The number of carbonyl (C=O) groups is 1. The van der Waals surface area contributed by atoms with Gasteiger partial charge in [-0.3, -0.25) is 0 Å². The molecule has 8 heteroatoms. The largest absolute Gasteiger partial charge is 0.423 e. The number of hydrogen-bond donors (Lipinski definition) is 1. The van der Waals surface area contributed by atoms with Crippen LogP contribution in [0.5, 0.6) is 0 Å². The molecule has 2 N–H and O–H groups in total. The van der Waals surface area contributed by atoms with Crippen molar-refractivity contribution in [3.63, 3.8) is 0 Å². The van der Waals surface area contributed by atoms with E-state index in [9.17, 15) is 9.59 Å². The third-order valence-corrected chi connectivity index (χ3v) is 3.33. The molecule has 8 nitrogen and oxygen atoms in total. The summed E-state index contributed by atoms with van der Waals surface area (Å²) in [6.07, 6.45) is 0. The van der Waals surface area contributed by atoms with Crippen LogP contribution in [0.2, 0.25) is 0 Å². The normalized spacial score (nSPS) is 11.4. The van der Waals surface area contributed by atoms with Crippen molar-refractivity contribution in [3.8, 4) is 0 Å².